The first-order valence-corrected chi connectivity index (χ1v) is 9.73. The molecule has 2 aromatic heterocycles. The number of carbonyl (C=O) groups is 1. The van der Waals surface area contributed by atoms with Gasteiger partial charge in [0.1, 0.15) is 17.5 Å². The summed E-state index contributed by atoms with van der Waals surface area (Å²) in [6.45, 7) is 4.56. The fourth-order valence-electron chi connectivity index (χ4n) is 4.15. The van der Waals surface area contributed by atoms with E-state index in [2.05, 4.69) is 24.6 Å². The van der Waals surface area contributed by atoms with Crippen LogP contribution in [-0.2, 0) is 13.6 Å². The molecular formula is C19H27N7O. The third kappa shape index (κ3) is 3.80. The van der Waals surface area contributed by atoms with E-state index in [1.165, 1.54) is 12.8 Å². The number of nitrogens with two attached hydrogens (primary N) is 1. The highest BCUT2D eigenvalue weighted by Crippen LogP contribution is 2.27. The van der Waals surface area contributed by atoms with Gasteiger partial charge in [-0.05, 0) is 50.9 Å². The Morgan fingerprint density at radius 1 is 1.22 bits per heavy atom. The molecule has 0 aromatic carbocycles. The van der Waals surface area contributed by atoms with Gasteiger partial charge >= 0.3 is 0 Å². The number of hydrogen-bond donors (Lipinski definition) is 1. The Bertz CT molecular complexity index is 812. The Morgan fingerprint density at radius 2 is 2.04 bits per heavy atom. The predicted octanol–water partition coefficient (Wildman–Crippen LogP) is 1.41. The highest BCUT2D eigenvalue weighted by atomic mass is 16.2. The third-order valence-electron chi connectivity index (χ3n) is 5.66. The highest BCUT2D eigenvalue weighted by molar-refractivity contribution is 5.94. The van der Waals surface area contributed by atoms with Gasteiger partial charge in [0.05, 0.1) is 6.54 Å². The summed E-state index contributed by atoms with van der Waals surface area (Å²) in [5, 5.41) is 8.92. The molecule has 2 fully saturated rings. The molecule has 4 heterocycles. The first kappa shape index (κ1) is 17.9. The average Bonchev–Trinajstić information content (AvgIpc) is 3.32. The van der Waals surface area contributed by atoms with Crippen LogP contribution in [0.5, 0.6) is 0 Å². The third-order valence-corrected chi connectivity index (χ3v) is 5.66. The molecule has 1 unspecified atom stereocenters. The quantitative estimate of drug-likeness (QED) is 0.876. The van der Waals surface area contributed by atoms with Gasteiger partial charge < -0.3 is 15.2 Å². The van der Waals surface area contributed by atoms with Gasteiger partial charge in [0.15, 0.2) is 0 Å². The Morgan fingerprint density at radius 3 is 2.81 bits per heavy atom. The van der Waals surface area contributed by atoms with Crippen molar-refractivity contribution >= 4 is 11.7 Å². The lowest BCUT2D eigenvalue weighted by Crippen LogP contribution is -2.39. The molecule has 8 heteroatoms. The lowest BCUT2D eigenvalue weighted by atomic mass is 9.96. The molecule has 2 N–H and O–H groups in total. The molecular weight excluding hydrogens is 342 g/mol. The van der Waals surface area contributed by atoms with Gasteiger partial charge in [-0.25, -0.2) is 4.98 Å². The van der Waals surface area contributed by atoms with Gasteiger partial charge in [0, 0.05) is 37.8 Å². The molecule has 27 heavy (non-hydrogen) atoms. The second-order valence-corrected chi connectivity index (χ2v) is 7.58. The summed E-state index contributed by atoms with van der Waals surface area (Å²) in [5.74, 6) is 2.59. The fraction of sp³-hybridized carbons (Fsp3) is 0.579. The average molecular weight is 369 g/mol. The fourth-order valence-corrected chi connectivity index (χ4v) is 4.15. The maximum absolute atomic E-state index is 12.8. The number of piperidine rings is 1. The molecule has 2 aromatic rings. The standard InChI is InChI=1S/C19H27N7O/c1-24-17(13-25-8-2-3-9-25)22-23-18(24)15-5-4-10-26(12-15)19(27)14-6-7-21-16(20)11-14/h6-7,11,15H,2-5,8-10,12-13H2,1H3,(H2,20,21). The first-order chi connectivity index (χ1) is 13.1. The number of likely N-dealkylation sites (tertiary alicyclic amines) is 2. The molecule has 0 bridgehead atoms. The van der Waals surface area contributed by atoms with Crippen molar-refractivity contribution in [1.82, 2.24) is 29.5 Å². The van der Waals surface area contributed by atoms with E-state index in [-0.39, 0.29) is 11.8 Å². The molecule has 1 atom stereocenters. The van der Waals surface area contributed by atoms with E-state index in [0.29, 0.717) is 17.9 Å². The van der Waals surface area contributed by atoms with Crippen LogP contribution in [-0.4, -0.2) is 61.6 Å². The number of aromatic nitrogens is 4. The Kier molecular flexibility index (Phi) is 5.07. The maximum atomic E-state index is 12.8. The predicted molar refractivity (Wildman–Crippen MR) is 102 cm³/mol. The van der Waals surface area contributed by atoms with Crippen LogP contribution in [0.15, 0.2) is 18.3 Å². The molecule has 2 saturated heterocycles. The van der Waals surface area contributed by atoms with E-state index in [0.717, 1.165) is 50.7 Å². The molecule has 0 aliphatic carbocycles. The van der Waals surface area contributed by atoms with Crippen molar-refractivity contribution in [2.75, 3.05) is 31.9 Å². The number of rotatable bonds is 4. The summed E-state index contributed by atoms with van der Waals surface area (Å²) in [7, 11) is 2.05. The maximum Gasteiger partial charge on any atom is 0.254 e. The normalized spacial score (nSPS) is 20.9. The van der Waals surface area contributed by atoms with Crippen LogP contribution in [0.25, 0.3) is 0 Å². The smallest absolute Gasteiger partial charge is 0.254 e. The number of anilines is 1. The summed E-state index contributed by atoms with van der Waals surface area (Å²) in [6, 6.07) is 3.36. The Labute approximate surface area is 159 Å². The number of carbonyl (C=O) groups excluding carboxylic acids is 1. The number of hydrogen-bond acceptors (Lipinski definition) is 6. The van der Waals surface area contributed by atoms with Crippen LogP contribution in [0.3, 0.4) is 0 Å². The van der Waals surface area contributed by atoms with Gasteiger partial charge in [-0.1, -0.05) is 0 Å². The van der Waals surface area contributed by atoms with Crippen LogP contribution in [0.4, 0.5) is 5.82 Å². The number of amides is 1. The molecule has 0 spiro atoms. The van der Waals surface area contributed by atoms with Gasteiger partial charge in [-0.15, -0.1) is 10.2 Å². The molecule has 2 aliphatic heterocycles. The zero-order valence-electron chi connectivity index (χ0n) is 15.8. The van der Waals surface area contributed by atoms with E-state index in [9.17, 15) is 4.79 Å². The van der Waals surface area contributed by atoms with E-state index >= 15 is 0 Å². The van der Waals surface area contributed by atoms with Crippen molar-refractivity contribution in [1.29, 1.82) is 0 Å². The Hall–Kier alpha value is -2.48. The van der Waals surface area contributed by atoms with Crippen molar-refractivity contribution in [3.8, 4) is 0 Å². The summed E-state index contributed by atoms with van der Waals surface area (Å²) >= 11 is 0. The van der Waals surface area contributed by atoms with Crippen molar-refractivity contribution in [3.05, 3.63) is 35.5 Å². The number of pyridine rings is 1. The van der Waals surface area contributed by atoms with Crippen LogP contribution < -0.4 is 5.73 Å². The highest BCUT2D eigenvalue weighted by Gasteiger charge is 2.29. The van der Waals surface area contributed by atoms with Crippen molar-refractivity contribution in [2.24, 2.45) is 7.05 Å². The molecule has 8 nitrogen and oxygen atoms in total. The van der Waals surface area contributed by atoms with Crippen LogP contribution >= 0.6 is 0 Å². The topological polar surface area (TPSA) is 93.2 Å². The second kappa shape index (κ2) is 7.64. The second-order valence-electron chi connectivity index (χ2n) is 7.58. The monoisotopic (exact) mass is 369 g/mol. The summed E-state index contributed by atoms with van der Waals surface area (Å²) in [6.07, 6.45) is 6.11. The number of nitrogens with zero attached hydrogens (tertiary/aromatic N) is 6. The van der Waals surface area contributed by atoms with E-state index in [4.69, 9.17) is 5.73 Å². The molecule has 1 amide bonds. The summed E-state index contributed by atoms with van der Waals surface area (Å²) in [5.41, 5.74) is 6.32. The SMILES string of the molecule is Cn1c(CN2CCCC2)nnc1C1CCCN(C(=O)c2ccnc(N)c2)C1. The minimum Gasteiger partial charge on any atom is -0.384 e. The van der Waals surface area contributed by atoms with Crippen LogP contribution in [0, 0.1) is 0 Å². The van der Waals surface area contributed by atoms with Crippen molar-refractivity contribution < 1.29 is 4.79 Å². The van der Waals surface area contributed by atoms with Crippen molar-refractivity contribution in [3.63, 3.8) is 0 Å². The van der Waals surface area contributed by atoms with Gasteiger partial charge in [-0.3, -0.25) is 9.69 Å². The minimum absolute atomic E-state index is 0.00765. The minimum atomic E-state index is 0.00765. The summed E-state index contributed by atoms with van der Waals surface area (Å²) < 4.78 is 2.13. The first-order valence-electron chi connectivity index (χ1n) is 9.73. The van der Waals surface area contributed by atoms with Gasteiger partial charge in [-0.2, -0.15) is 0 Å². The van der Waals surface area contributed by atoms with E-state index in [1.54, 1.807) is 18.3 Å². The molecule has 0 saturated carbocycles. The van der Waals surface area contributed by atoms with E-state index in [1.807, 2.05) is 11.9 Å². The molecule has 4 rings (SSSR count). The van der Waals surface area contributed by atoms with Crippen molar-refractivity contribution in [2.45, 2.75) is 38.1 Å². The van der Waals surface area contributed by atoms with Crippen LogP contribution in [0.2, 0.25) is 0 Å². The van der Waals surface area contributed by atoms with E-state index < -0.39 is 0 Å². The zero-order valence-corrected chi connectivity index (χ0v) is 15.8. The zero-order chi connectivity index (χ0) is 18.8. The number of nitrogen functional groups attached to an aromatic ring is 1. The molecule has 2 aliphatic rings. The van der Waals surface area contributed by atoms with Gasteiger partial charge in [0.25, 0.3) is 5.91 Å². The lowest BCUT2D eigenvalue weighted by Gasteiger charge is -2.32. The van der Waals surface area contributed by atoms with Crippen LogP contribution in [0.1, 0.15) is 53.6 Å². The van der Waals surface area contributed by atoms with Gasteiger partial charge in [0.2, 0.25) is 0 Å². The Balaban J connectivity index is 1.46. The largest absolute Gasteiger partial charge is 0.384 e. The summed E-state index contributed by atoms with van der Waals surface area (Å²) in [4.78, 5) is 21.1. The lowest BCUT2D eigenvalue weighted by molar-refractivity contribution is 0.0703. The molecule has 0 radical (unpaired) electrons. The molecule has 144 valence electrons.